The first-order valence-electron chi connectivity index (χ1n) is 9.54. The Labute approximate surface area is 173 Å². The summed E-state index contributed by atoms with van der Waals surface area (Å²) in [5, 5.41) is 18.8. The smallest absolute Gasteiger partial charge is 0.224 e. The molecule has 2 N–H and O–H groups in total. The third-order valence-corrected chi connectivity index (χ3v) is 5.23. The second-order valence-electron chi connectivity index (χ2n) is 7.11. The topological polar surface area (TPSA) is 103 Å². The molecule has 150 valence electrons. The summed E-state index contributed by atoms with van der Waals surface area (Å²) in [4.78, 5) is 9.15. The van der Waals surface area contributed by atoms with Gasteiger partial charge in [0.15, 0.2) is 5.82 Å². The van der Waals surface area contributed by atoms with Crippen LogP contribution in [0.2, 0.25) is 0 Å². The van der Waals surface area contributed by atoms with Gasteiger partial charge in [0.25, 0.3) is 0 Å². The Morgan fingerprint density at radius 1 is 1.17 bits per heavy atom. The van der Waals surface area contributed by atoms with E-state index < -0.39 is 0 Å². The van der Waals surface area contributed by atoms with Crippen LogP contribution in [0, 0.1) is 13.8 Å². The predicted octanol–water partition coefficient (Wildman–Crippen LogP) is 3.41. The lowest BCUT2D eigenvalue weighted by atomic mass is 10.0. The molecule has 2 aromatic heterocycles. The maximum Gasteiger partial charge on any atom is 0.224 e. The molecule has 0 unspecified atom stereocenters. The number of rotatable bonds is 4. The van der Waals surface area contributed by atoms with Crippen molar-refractivity contribution in [2.75, 3.05) is 17.7 Å². The Bertz CT molecular complexity index is 1250. The van der Waals surface area contributed by atoms with Gasteiger partial charge < -0.3 is 15.4 Å². The molecule has 5 rings (SSSR count). The van der Waals surface area contributed by atoms with Gasteiger partial charge in [0.2, 0.25) is 5.95 Å². The van der Waals surface area contributed by atoms with E-state index in [2.05, 4.69) is 56.0 Å². The van der Waals surface area contributed by atoms with Crippen molar-refractivity contribution in [1.29, 1.82) is 0 Å². The number of fused-ring (bicyclic) bond motifs is 5. The van der Waals surface area contributed by atoms with Crippen LogP contribution in [-0.4, -0.2) is 37.3 Å². The summed E-state index contributed by atoms with van der Waals surface area (Å²) in [6, 6.07) is 12.0. The zero-order valence-electron chi connectivity index (χ0n) is 16.8. The van der Waals surface area contributed by atoms with Crippen LogP contribution in [0.1, 0.15) is 16.7 Å². The fraction of sp³-hybridized carbons (Fsp3) is 0.190. The second-order valence-corrected chi connectivity index (χ2v) is 7.11. The first-order chi connectivity index (χ1) is 14.6. The van der Waals surface area contributed by atoms with E-state index in [1.807, 2.05) is 30.3 Å². The molecule has 2 aromatic carbocycles. The number of ether oxygens (including phenoxy) is 1. The maximum atomic E-state index is 5.48. The molecule has 9 heteroatoms. The molecule has 3 heterocycles. The number of nitrogens with one attached hydrogen (secondary N) is 2. The van der Waals surface area contributed by atoms with Gasteiger partial charge in [0.05, 0.1) is 24.0 Å². The molecule has 0 saturated carbocycles. The van der Waals surface area contributed by atoms with Crippen LogP contribution in [0.4, 0.5) is 17.5 Å². The monoisotopic (exact) mass is 400 g/mol. The maximum absolute atomic E-state index is 5.48. The van der Waals surface area contributed by atoms with Crippen molar-refractivity contribution >= 4 is 17.5 Å². The molecule has 0 amide bonds. The number of hydrogen-bond acceptors (Lipinski definition) is 8. The van der Waals surface area contributed by atoms with Crippen molar-refractivity contribution in [2.45, 2.75) is 20.4 Å². The fourth-order valence-electron chi connectivity index (χ4n) is 3.53. The Kier molecular flexibility index (Phi) is 4.27. The number of aromatic nitrogens is 6. The second kappa shape index (κ2) is 7.11. The molecule has 0 fully saturated rings. The van der Waals surface area contributed by atoms with Gasteiger partial charge in [-0.15, -0.1) is 5.10 Å². The van der Waals surface area contributed by atoms with E-state index in [-0.39, 0.29) is 0 Å². The fourth-order valence-corrected chi connectivity index (χ4v) is 3.53. The highest BCUT2D eigenvalue weighted by Crippen LogP contribution is 2.35. The number of methoxy groups -OCH3 is 1. The Morgan fingerprint density at radius 2 is 2.03 bits per heavy atom. The van der Waals surface area contributed by atoms with E-state index in [0.29, 0.717) is 24.1 Å². The van der Waals surface area contributed by atoms with Crippen molar-refractivity contribution in [3.05, 3.63) is 59.3 Å². The Morgan fingerprint density at radius 3 is 2.90 bits per heavy atom. The van der Waals surface area contributed by atoms with Crippen molar-refractivity contribution < 1.29 is 4.74 Å². The Balaban J connectivity index is 1.47. The lowest BCUT2D eigenvalue weighted by molar-refractivity contribution is 0.411. The molecule has 0 radical (unpaired) electrons. The van der Waals surface area contributed by atoms with Gasteiger partial charge in [-0.25, -0.2) is 4.98 Å². The van der Waals surface area contributed by atoms with E-state index >= 15 is 0 Å². The van der Waals surface area contributed by atoms with Gasteiger partial charge in [-0.3, -0.25) is 0 Å². The summed E-state index contributed by atoms with van der Waals surface area (Å²) in [5.74, 6) is 2.62. The number of tetrazole rings is 1. The third kappa shape index (κ3) is 3.00. The molecule has 1 aliphatic rings. The third-order valence-electron chi connectivity index (χ3n) is 5.23. The number of para-hydroxylation sites is 2. The normalized spacial score (nSPS) is 11.6. The molecule has 0 saturated heterocycles. The van der Waals surface area contributed by atoms with Crippen LogP contribution >= 0.6 is 0 Å². The van der Waals surface area contributed by atoms with Gasteiger partial charge in [-0.2, -0.15) is 9.67 Å². The zero-order chi connectivity index (χ0) is 20.7. The van der Waals surface area contributed by atoms with Crippen LogP contribution in [0.3, 0.4) is 0 Å². The van der Waals surface area contributed by atoms with Crippen LogP contribution in [0.5, 0.6) is 5.75 Å². The lowest BCUT2D eigenvalue weighted by Crippen LogP contribution is -2.07. The molecule has 1 aliphatic heterocycles. The Hall–Kier alpha value is -4.01. The van der Waals surface area contributed by atoms with Gasteiger partial charge in [-0.05, 0) is 59.2 Å². The van der Waals surface area contributed by atoms with Crippen molar-refractivity contribution in [3.63, 3.8) is 0 Å². The van der Waals surface area contributed by atoms with Gasteiger partial charge in [-0.1, -0.05) is 18.2 Å². The minimum Gasteiger partial charge on any atom is -0.496 e. The van der Waals surface area contributed by atoms with E-state index in [4.69, 9.17) is 4.74 Å². The summed E-state index contributed by atoms with van der Waals surface area (Å²) >= 11 is 0. The number of nitrogens with zero attached hydrogens (tertiary/aromatic N) is 6. The summed E-state index contributed by atoms with van der Waals surface area (Å²) in [5.41, 5.74) is 5.87. The molecule has 4 aromatic rings. The first kappa shape index (κ1) is 18.0. The molecule has 0 aliphatic carbocycles. The number of aryl methyl sites for hydroxylation is 1. The van der Waals surface area contributed by atoms with Crippen LogP contribution in [0.25, 0.3) is 17.1 Å². The van der Waals surface area contributed by atoms with Crippen LogP contribution in [0.15, 0.2) is 42.6 Å². The molecular weight excluding hydrogens is 380 g/mol. The highest BCUT2D eigenvalue weighted by Gasteiger charge is 2.23. The van der Waals surface area contributed by atoms with Crippen molar-refractivity contribution in [1.82, 2.24) is 30.2 Å². The molecule has 0 atom stereocenters. The number of benzene rings is 2. The molecule has 30 heavy (non-hydrogen) atoms. The van der Waals surface area contributed by atoms with E-state index in [1.54, 1.807) is 18.0 Å². The highest BCUT2D eigenvalue weighted by molar-refractivity contribution is 5.81. The van der Waals surface area contributed by atoms with Crippen molar-refractivity contribution in [3.8, 4) is 22.8 Å². The van der Waals surface area contributed by atoms with Gasteiger partial charge in [0, 0.05) is 12.7 Å². The van der Waals surface area contributed by atoms with E-state index in [1.165, 1.54) is 5.56 Å². The quantitative estimate of drug-likeness (QED) is 0.473. The minimum atomic E-state index is 0.511. The van der Waals surface area contributed by atoms with Gasteiger partial charge in [0.1, 0.15) is 11.6 Å². The van der Waals surface area contributed by atoms with Gasteiger partial charge >= 0.3 is 0 Å². The zero-order valence-corrected chi connectivity index (χ0v) is 16.8. The van der Waals surface area contributed by atoms with Crippen molar-refractivity contribution in [2.24, 2.45) is 0 Å². The number of anilines is 3. The summed E-state index contributed by atoms with van der Waals surface area (Å²) < 4.78 is 7.16. The molecular formula is C21H20N8O. The standard InChI is InChI=1S/C21H20N8O/c1-12-8-14(9-18(30-3)13(12)2)10-22-21-23-11-15-19(25-21)24-16-6-4-5-7-17(16)29-20(15)26-27-28-29/h4-9,11H,10H2,1-3H3,(H2,22,23,24,25). The largest absolute Gasteiger partial charge is 0.496 e. The van der Waals surface area contributed by atoms with Crippen LogP contribution in [-0.2, 0) is 6.54 Å². The molecule has 0 bridgehead atoms. The summed E-state index contributed by atoms with van der Waals surface area (Å²) in [7, 11) is 1.69. The average molecular weight is 400 g/mol. The summed E-state index contributed by atoms with van der Waals surface area (Å²) in [6.07, 6.45) is 1.73. The first-order valence-corrected chi connectivity index (χ1v) is 9.54. The SMILES string of the molecule is COc1cc(CNc2ncc3c(n2)Nc2ccccc2-n2nnnc2-3)cc(C)c1C. The highest BCUT2D eigenvalue weighted by atomic mass is 16.5. The van der Waals surface area contributed by atoms with E-state index in [9.17, 15) is 0 Å². The minimum absolute atomic E-state index is 0.511. The lowest BCUT2D eigenvalue weighted by Gasteiger charge is -2.13. The van der Waals surface area contributed by atoms with Crippen LogP contribution < -0.4 is 15.4 Å². The van der Waals surface area contributed by atoms with E-state index in [0.717, 1.165) is 33.8 Å². The molecule has 0 spiro atoms. The number of hydrogen-bond donors (Lipinski definition) is 2. The average Bonchev–Trinajstić information content (AvgIpc) is 3.20. The predicted molar refractivity (Wildman–Crippen MR) is 113 cm³/mol. The molecule has 9 nitrogen and oxygen atoms in total. The summed E-state index contributed by atoms with van der Waals surface area (Å²) in [6.45, 7) is 4.70.